The standard InChI is InChI=1S/C27H18ClN3O/c28-27-30-25(17-8-2-1-3-9-17)29-26(31-27)19-11-6-10-18(16-19)20-13-7-14-22-21-12-4-5-15-23(21)32-24(20)22/h1-16,26H,(H,29,30,31)/t26-/m1/s1. The van der Waals surface area contributed by atoms with Crippen molar-refractivity contribution in [2.45, 2.75) is 6.17 Å². The maximum absolute atomic E-state index is 6.33. The number of nitrogens with zero attached hydrogens (tertiary/aromatic N) is 2. The van der Waals surface area contributed by atoms with Crippen LogP contribution in [-0.2, 0) is 0 Å². The summed E-state index contributed by atoms with van der Waals surface area (Å²) in [6.45, 7) is 0. The molecule has 0 fully saturated rings. The molecule has 1 aromatic heterocycles. The molecule has 4 nitrogen and oxygen atoms in total. The minimum atomic E-state index is -0.422. The molecule has 32 heavy (non-hydrogen) atoms. The lowest BCUT2D eigenvalue weighted by Crippen LogP contribution is -2.32. The van der Waals surface area contributed by atoms with Crippen LogP contribution in [0.15, 0.2) is 111 Å². The molecule has 2 heterocycles. The second kappa shape index (κ2) is 7.66. The van der Waals surface area contributed by atoms with E-state index in [4.69, 9.17) is 21.0 Å². The van der Waals surface area contributed by atoms with Gasteiger partial charge in [-0.25, -0.2) is 9.98 Å². The molecule has 1 aliphatic rings. The van der Waals surface area contributed by atoms with Gasteiger partial charge >= 0.3 is 0 Å². The van der Waals surface area contributed by atoms with E-state index in [-0.39, 0.29) is 0 Å². The Kier molecular flexibility index (Phi) is 4.51. The number of furan rings is 1. The summed E-state index contributed by atoms with van der Waals surface area (Å²) in [5, 5.41) is 5.62. The van der Waals surface area contributed by atoms with Crippen LogP contribution in [0.5, 0.6) is 0 Å². The highest BCUT2D eigenvalue weighted by Gasteiger charge is 2.19. The normalized spacial score (nSPS) is 16.0. The molecule has 0 radical (unpaired) electrons. The van der Waals surface area contributed by atoms with E-state index in [0.717, 1.165) is 44.2 Å². The molecule has 6 rings (SSSR count). The largest absolute Gasteiger partial charge is 0.455 e. The predicted molar refractivity (Wildman–Crippen MR) is 131 cm³/mol. The van der Waals surface area contributed by atoms with Gasteiger partial charge in [0, 0.05) is 21.9 Å². The number of benzene rings is 4. The van der Waals surface area contributed by atoms with E-state index < -0.39 is 6.17 Å². The zero-order valence-corrected chi connectivity index (χ0v) is 17.8. The van der Waals surface area contributed by atoms with Gasteiger partial charge in [-0.05, 0) is 34.9 Å². The number of halogens is 1. The van der Waals surface area contributed by atoms with Gasteiger partial charge < -0.3 is 9.73 Å². The number of aliphatic imine (C=N–C) groups is 2. The average molecular weight is 436 g/mol. The topological polar surface area (TPSA) is 49.9 Å². The summed E-state index contributed by atoms with van der Waals surface area (Å²) < 4.78 is 6.23. The molecule has 1 aliphatic heterocycles. The molecule has 1 atom stereocenters. The summed E-state index contributed by atoms with van der Waals surface area (Å²) in [4.78, 5) is 9.33. The zero-order chi connectivity index (χ0) is 21.5. The smallest absolute Gasteiger partial charge is 0.199 e. The van der Waals surface area contributed by atoms with Crippen molar-refractivity contribution >= 4 is 44.7 Å². The number of hydrogen-bond donors (Lipinski definition) is 1. The van der Waals surface area contributed by atoms with Gasteiger partial charge in [-0.15, -0.1) is 0 Å². The molecule has 0 amide bonds. The summed E-state index contributed by atoms with van der Waals surface area (Å²) in [6, 6.07) is 32.5. The van der Waals surface area contributed by atoms with Crippen LogP contribution in [0.4, 0.5) is 0 Å². The molecule has 0 saturated heterocycles. The third-order valence-electron chi connectivity index (χ3n) is 5.66. The third-order valence-corrected chi connectivity index (χ3v) is 5.85. The fraction of sp³-hybridized carbons (Fsp3) is 0.0370. The fourth-order valence-corrected chi connectivity index (χ4v) is 4.34. The highest BCUT2D eigenvalue weighted by Crippen LogP contribution is 2.36. The maximum Gasteiger partial charge on any atom is 0.199 e. The number of fused-ring (bicyclic) bond motifs is 3. The molecule has 5 heteroatoms. The van der Waals surface area contributed by atoms with E-state index in [2.05, 4.69) is 46.7 Å². The molecule has 5 aromatic rings. The summed E-state index contributed by atoms with van der Waals surface area (Å²) in [7, 11) is 0. The number of rotatable bonds is 3. The molecule has 154 valence electrons. The molecule has 0 saturated carbocycles. The predicted octanol–water partition coefficient (Wildman–Crippen LogP) is 6.90. The van der Waals surface area contributed by atoms with E-state index in [9.17, 15) is 0 Å². The van der Waals surface area contributed by atoms with E-state index in [1.54, 1.807) is 0 Å². The Morgan fingerprint density at radius 3 is 2.38 bits per heavy atom. The van der Waals surface area contributed by atoms with Crippen molar-refractivity contribution in [3.63, 3.8) is 0 Å². The second-order valence-electron chi connectivity index (χ2n) is 7.67. The Morgan fingerprint density at radius 2 is 1.47 bits per heavy atom. The molecule has 0 aliphatic carbocycles. The van der Waals surface area contributed by atoms with Gasteiger partial charge in [-0.3, -0.25) is 0 Å². The number of nitrogens with one attached hydrogen (secondary N) is 1. The number of amidine groups is 2. The lowest BCUT2D eigenvalue weighted by molar-refractivity contribution is 0.670. The van der Waals surface area contributed by atoms with Gasteiger partial charge in [-0.2, -0.15) is 0 Å². The molecule has 0 unspecified atom stereocenters. The van der Waals surface area contributed by atoms with E-state index >= 15 is 0 Å². The SMILES string of the molecule is ClC1=N[C@H](c2cccc(-c3cccc4c3oc3ccccc34)c2)N=C(c2ccccc2)N1. The van der Waals surface area contributed by atoms with Crippen molar-refractivity contribution in [1.29, 1.82) is 0 Å². The average Bonchev–Trinajstić information content (AvgIpc) is 3.23. The summed E-state index contributed by atoms with van der Waals surface area (Å²) in [5.74, 6) is 0.709. The molecular weight excluding hydrogens is 418 g/mol. The minimum Gasteiger partial charge on any atom is -0.455 e. The van der Waals surface area contributed by atoms with Crippen LogP contribution in [-0.4, -0.2) is 11.1 Å². The highest BCUT2D eigenvalue weighted by atomic mass is 35.5. The third kappa shape index (κ3) is 3.26. The van der Waals surface area contributed by atoms with Crippen LogP contribution >= 0.6 is 11.6 Å². The first kappa shape index (κ1) is 18.8. The molecule has 1 N–H and O–H groups in total. The van der Waals surface area contributed by atoms with Crippen molar-refractivity contribution in [2.75, 3.05) is 0 Å². The quantitative estimate of drug-likeness (QED) is 0.313. The van der Waals surface area contributed by atoms with Gasteiger partial charge in [0.15, 0.2) is 11.5 Å². The Labute approximate surface area is 189 Å². The lowest BCUT2D eigenvalue weighted by atomic mass is 9.99. The number of hydrogen-bond acceptors (Lipinski definition) is 4. The van der Waals surface area contributed by atoms with Crippen LogP contribution in [0.25, 0.3) is 33.1 Å². The van der Waals surface area contributed by atoms with Crippen LogP contribution in [0.1, 0.15) is 17.3 Å². The van der Waals surface area contributed by atoms with Gasteiger partial charge in [0.2, 0.25) is 0 Å². The van der Waals surface area contributed by atoms with E-state index in [0.29, 0.717) is 11.1 Å². The maximum atomic E-state index is 6.33. The Bertz CT molecular complexity index is 1520. The highest BCUT2D eigenvalue weighted by molar-refractivity contribution is 6.66. The van der Waals surface area contributed by atoms with Crippen LogP contribution in [0, 0.1) is 0 Å². The van der Waals surface area contributed by atoms with Crippen LogP contribution < -0.4 is 5.32 Å². The first-order valence-electron chi connectivity index (χ1n) is 10.4. The number of para-hydroxylation sites is 2. The Hall–Kier alpha value is -3.89. The van der Waals surface area contributed by atoms with Gasteiger partial charge in [0.25, 0.3) is 0 Å². The molecule has 0 bridgehead atoms. The van der Waals surface area contributed by atoms with Gasteiger partial charge in [0.1, 0.15) is 17.0 Å². The summed E-state index contributed by atoms with van der Waals surface area (Å²) in [5.41, 5.74) is 5.78. The van der Waals surface area contributed by atoms with E-state index in [1.165, 1.54) is 0 Å². The Balaban J connectivity index is 1.45. The first-order valence-corrected chi connectivity index (χ1v) is 10.8. The molecular formula is C27H18ClN3O. The van der Waals surface area contributed by atoms with Crippen molar-refractivity contribution in [2.24, 2.45) is 9.98 Å². The summed E-state index contributed by atoms with van der Waals surface area (Å²) >= 11 is 6.33. The minimum absolute atomic E-state index is 0.327. The summed E-state index contributed by atoms with van der Waals surface area (Å²) in [6.07, 6.45) is -0.422. The van der Waals surface area contributed by atoms with Crippen molar-refractivity contribution < 1.29 is 4.42 Å². The van der Waals surface area contributed by atoms with Gasteiger partial charge in [0.05, 0.1) is 0 Å². The fourth-order valence-electron chi connectivity index (χ4n) is 4.15. The first-order chi connectivity index (χ1) is 15.8. The van der Waals surface area contributed by atoms with Crippen molar-refractivity contribution in [1.82, 2.24) is 5.32 Å². The van der Waals surface area contributed by atoms with Crippen molar-refractivity contribution in [3.05, 3.63) is 108 Å². The zero-order valence-electron chi connectivity index (χ0n) is 17.0. The van der Waals surface area contributed by atoms with Crippen LogP contribution in [0.2, 0.25) is 0 Å². The monoisotopic (exact) mass is 435 g/mol. The van der Waals surface area contributed by atoms with Crippen LogP contribution in [0.3, 0.4) is 0 Å². The Morgan fingerprint density at radius 1 is 0.719 bits per heavy atom. The molecule has 4 aromatic carbocycles. The van der Waals surface area contributed by atoms with E-state index in [1.807, 2.05) is 60.7 Å². The van der Waals surface area contributed by atoms with Crippen molar-refractivity contribution in [3.8, 4) is 11.1 Å². The second-order valence-corrected chi connectivity index (χ2v) is 8.03. The van der Waals surface area contributed by atoms with Gasteiger partial charge in [-0.1, -0.05) is 84.9 Å². The lowest BCUT2D eigenvalue weighted by Gasteiger charge is -2.19. The molecule has 0 spiro atoms.